The maximum atomic E-state index is 13.5. The summed E-state index contributed by atoms with van der Waals surface area (Å²) in [5.41, 5.74) is 1.85. The van der Waals surface area contributed by atoms with Crippen LogP contribution in [-0.4, -0.2) is 75.0 Å². The molecule has 0 atom stereocenters. The normalized spacial score (nSPS) is 22.4. The van der Waals surface area contributed by atoms with Crippen LogP contribution in [0.1, 0.15) is 25.7 Å². The van der Waals surface area contributed by atoms with Gasteiger partial charge in [0.1, 0.15) is 23.2 Å². The van der Waals surface area contributed by atoms with E-state index in [2.05, 4.69) is 47.4 Å². The van der Waals surface area contributed by atoms with E-state index in [-0.39, 0.29) is 5.02 Å². The quantitative estimate of drug-likeness (QED) is 0.580. The molecule has 0 bridgehead atoms. The van der Waals surface area contributed by atoms with Crippen molar-refractivity contribution in [2.24, 2.45) is 0 Å². The Balaban J connectivity index is 1.26. The first kappa shape index (κ1) is 22.2. The fraction of sp³-hybridized carbons (Fsp3) is 0.478. The molecule has 0 radical (unpaired) electrons. The van der Waals surface area contributed by atoms with Gasteiger partial charge in [0.25, 0.3) is 0 Å². The van der Waals surface area contributed by atoms with Crippen molar-refractivity contribution in [1.29, 1.82) is 0 Å². The van der Waals surface area contributed by atoms with Gasteiger partial charge in [0.15, 0.2) is 5.82 Å². The van der Waals surface area contributed by atoms with Crippen LogP contribution in [0.15, 0.2) is 30.7 Å². The lowest BCUT2D eigenvalue weighted by atomic mass is 9.90. The SMILES string of the molecule is CN1CCN(C2CCC(Nc3ncc4ncnc(Nc5ccc(F)c(Cl)c5)c4n3)CC2)CC1. The van der Waals surface area contributed by atoms with E-state index in [0.29, 0.717) is 40.6 Å². The van der Waals surface area contributed by atoms with Crippen LogP contribution >= 0.6 is 11.6 Å². The summed E-state index contributed by atoms with van der Waals surface area (Å²) in [5.74, 6) is 0.623. The van der Waals surface area contributed by atoms with Crippen LogP contribution in [0.4, 0.5) is 21.8 Å². The third kappa shape index (κ3) is 5.15. The molecule has 8 nitrogen and oxygen atoms in total. The molecular formula is C23H28ClFN8. The lowest BCUT2D eigenvalue weighted by Gasteiger charge is -2.41. The second-order valence-corrected chi connectivity index (χ2v) is 9.30. The summed E-state index contributed by atoms with van der Waals surface area (Å²) in [6.07, 6.45) is 7.73. The highest BCUT2D eigenvalue weighted by atomic mass is 35.5. The Hall–Kier alpha value is -2.62. The van der Waals surface area contributed by atoms with E-state index < -0.39 is 5.82 Å². The second kappa shape index (κ2) is 9.70. The molecule has 2 aromatic heterocycles. The number of likely N-dealkylation sites (N-methyl/N-ethyl adjacent to an activating group) is 1. The van der Waals surface area contributed by atoms with Crippen molar-refractivity contribution in [2.45, 2.75) is 37.8 Å². The molecule has 1 aliphatic carbocycles. The highest BCUT2D eigenvalue weighted by molar-refractivity contribution is 6.31. The largest absolute Gasteiger partial charge is 0.351 e. The molecule has 5 rings (SSSR count). The van der Waals surface area contributed by atoms with Crippen LogP contribution in [0.5, 0.6) is 0 Å². The molecule has 0 unspecified atom stereocenters. The van der Waals surface area contributed by atoms with Gasteiger partial charge >= 0.3 is 0 Å². The first-order valence-corrected chi connectivity index (χ1v) is 11.8. The lowest BCUT2D eigenvalue weighted by molar-refractivity contribution is 0.0894. The number of hydrogen-bond acceptors (Lipinski definition) is 8. The molecular weight excluding hydrogens is 443 g/mol. The highest BCUT2D eigenvalue weighted by Crippen LogP contribution is 2.28. The van der Waals surface area contributed by atoms with Crippen molar-refractivity contribution in [1.82, 2.24) is 29.7 Å². The van der Waals surface area contributed by atoms with Gasteiger partial charge < -0.3 is 15.5 Å². The summed E-state index contributed by atoms with van der Waals surface area (Å²) < 4.78 is 13.5. The first-order chi connectivity index (χ1) is 16.0. The molecule has 2 aliphatic rings. The Morgan fingerprint density at radius 3 is 2.58 bits per heavy atom. The number of halogens is 2. The van der Waals surface area contributed by atoms with Gasteiger partial charge in [0.05, 0.1) is 11.2 Å². The molecule has 2 fully saturated rings. The number of fused-ring (bicyclic) bond motifs is 1. The first-order valence-electron chi connectivity index (χ1n) is 11.4. The Morgan fingerprint density at radius 2 is 1.82 bits per heavy atom. The van der Waals surface area contributed by atoms with E-state index in [1.54, 1.807) is 12.3 Å². The van der Waals surface area contributed by atoms with Gasteiger partial charge in [-0.25, -0.2) is 24.3 Å². The zero-order chi connectivity index (χ0) is 22.8. The molecule has 2 N–H and O–H groups in total. The number of piperazine rings is 1. The summed E-state index contributed by atoms with van der Waals surface area (Å²) in [6.45, 7) is 4.65. The number of anilines is 3. The summed E-state index contributed by atoms with van der Waals surface area (Å²) in [5, 5.41) is 6.71. The van der Waals surface area contributed by atoms with Crippen LogP contribution in [0.25, 0.3) is 11.0 Å². The summed E-state index contributed by atoms with van der Waals surface area (Å²) in [6, 6.07) is 5.47. The number of rotatable bonds is 5. The van der Waals surface area contributed by atoms with Crippen molar-refractivity contribution in [3.8, 4) is 0 Å². The van der Waals surface area contributed by atoms with E-state index in [1.165, 1.54) is 44.4 Å². The monoisotopic (exact) mass is 470 g/mol. The predicted molar refractivity (Wildman–Crippen MR) is 129 cm³/mol. The van der Waals surface area contributed by atoms with E-state index in [9.17, 15) is 4.39 Å². The Morgan fingerprint density at radius 1 is 1.03 bits per heavy atom. The van der Waals surface area contributed by atoms with Crippen LogP contribution in [-0.2, 0) is 0 Å². The minimum Gasteiger partial charge on any atom is -0.351 e. The highest BCUT2D eigenvalue weighted by Gasteiger charge is 2.28. The minimum absolute atomic E-state index is 0.0440. The number of nitrogens with one attached hydrogen (secondary N) is 2. The molecule has 0 amide bonds. The maximum Gasteiger partial charge on any atom is 0.223 e. The van der Waals surface area contributed by atoms with Gasteiger partial charge in [-0.2, -0.15) is 0 Å². The number of nitrogens with zero attached hydrogens (tertiary/aromatic N) is 6. The van der Waals surface area contributed by atoms with Crippen LogP contribution in [0, 0.1) is 5.82 Å². The third-order valence-electron chi connectivity index (χ3n) is 6.64. The average Bonchev–Trinajstić information content (AvgIpc) is 2.83. The van der Waals surface area contributed by atoms with Gasteiger partial charge in [0.2, 0.25) is 5.95 Å². The molecule has 33 heavy (non-hydrogen) atoms. The fourth-order valence-electron chi connectivity index (χ4n) is 4.68. The van der Waals surface area contributed by atoms with Crippen LogP contribution in [0.3, 0.4) is 0 Å². The molecule has 10 heteroatoms. The second-order valence-electron chi connectivity index (χ2n) is 8.89. The van der Waals surface area contributed by atoms with Gasteiger partial charge in [0, 0.05) is 44.0 Å². The molecule has 0 spiro atoms. The summed E-state index contributed by atoms with van der Waals surface area (Å²) in [7, 11) is 2.20. The van der Waals surface area contributed by atoms with Crippen LogP contribution < -0.4 is 10.6 Å². The standard InChI is InChI=1S/C23H28ClFN8/c1-32-8-10-33(11-9-32)17-5-2-15(3-6-17)30-23-26-13-20-21(31-23)22(28-14-27-20)29-16-4-7-19(25)18(24)12-16/h4,7,12-15,17H,2-3,5-6,8-11H2,1H3,(H,26,30,31)(H,27,28,29). The zero-order valence-electron chi connectivity index (χ0n) is 18.6. The molecule has 3 heterocycles. The zero-order valence-corrected chi connectivity index (χ0v) is 19.4. The molecule has 1 aliphatic heterocycles. The summed E-state index contributed by atoms with van der Waals surface area (Å²) >= 11 is 5.91. The van der Waals surface area contributed by atoms with E-state index in [1.807, 2.05) is 0 Å². The van der Waals surface area contributed by atoms with Crippen LogP contribution in [0.2, 0.25) is 5.02 Å². The van der Waals surface area contributed by atoms with Crippen molar-refractivity contribution in [3.05, 3.63) is 41.6 Å². The topological polar surface area (TPSA) is 82.1 Å². The average molecular weight is 471 g/mol. The molecule has 1 saturated carbocycles. The number of aromatic nitrogens is 4. The molecule has 3 aromatic rings. The Bertz CT molecular complexity index is 1110. The maximum absolute atomic E-state index is 13.5. The van der Waals surface area contributed by atoms with Crippen molar-refractivity contribution < 1.29 is 4.39 Å². The van der Waals surface area contributed by atoms with E-state index in [4.69, 9.17) is 11.6 Å². The van der Waals surface area contributed by atoms with Gasteiger partial charge in [-0.3, -0.25) is 4.90 Å². The van der Waals surface area contributed by atoms with Gasteiger partial charge in [-0.15, -0.1) is 0 Å². The number of hydrogen-bond donors (Lipinski definition) is 2. The summed E-state index contributed by atoms with van der Waals surface area (Å²) in [4.78, 5) is 22.8. The Labute approximate surface area is 197 Å². The lowest BCUT2D eigenvalue weighted by Crippen LogP contribution is -2.50. The molecule has 1 aromatic carbocycles. The minimum atomic E-state index is -0.467. The van der Waals surface area contributed by atoms with Gasteiger partial charge in [-0.1, -0.05) is 11.6 Å². The van der Waals surface area contributed by atoms with E-state index >= 15 is 0 Å². The van der Waals surface area contributed by atoms with Gasteiger partial charge in [-0.05, 0) is 50.9 Å². The third-order valence-corrected chi connectivity index (χ3v) is 6.93. The smallest absolute Gasteiger partial charge is 0.223 e. The fourth-order valence-corrected chi connectivity index (χ4v) is 4.86. The molecule has 174 valence electrons. The molecule has 1 saturated heterocycles. The number of benzene rings is 1. The predicted octanol–water partition coefficient (Wildman–Crippen LogP) is 3.93. The Kier molecular flexibility index (Phi) is 6.52. The van der Waals surface area contributed by atoms with Crippen molar-refractivity contribution >= 4 is 40.1 Å². The van der Waals surface area contributed by atoms with E-state index in [0.717, 1.165) is 25.9 Å². The van der Waals surface area contributed by atoms with Crippen molar-refractivity contribution in [2.75, 3.05) is 43.9 Å². The van der Waals surface area contributed by atoms with Crippen molar-refractivity contribution in [3.63, 3.8) is 0 Å².